The zero-order chi connectivity index (χ0) is 28.9. The fourth-order valence-corrected chi connectivity index (χ4v) is 8.39. The van der Waals surface area contributed by atoms with Crippen molar-refractivity contribution in [3.05, 3.63) is 11.8 Å². The molecule has 3 saturated carbocycles. The summed E-state index contributed by atoms with van der Waals surface area (Å²) in [6.07, 6.45) is -4.75. The normalized spacial score (nSPS) is 40.1. The SMILES string of the molecule is COC(=O)O[C@@H]1CC2C=C(OC(=O)C(F)(F)F)[C@H]3[C@@H]4CC[C@H](C(C)O)[C@@]4(C)CC[C@@H]3[C@@]2(C)[C@@H](OC(=O)OC)C1. The van der Waals surface area contributed by atoms with Crippen molar-refractivity contribution < 1.29 is 56.3 Å². The van der Waals surface area contributed by atoms with Crippen LogP contribution in [-0.4, -0.2) is 62.1 Å². The van der Waals surface area contributed by atoms with Crippen molar-refractivity contribution in [3.8, 4) is 0 Å². The maximum atomic E-state index is 13.4. The minimum absolute atomic E-state index is 0.0532. The number of carbonyl (C=O) groups is 3. The van der Waals surface area contributed by atoms with Gasteiger partial charge in [0.15, 0.2) is 0 Å². The van der Waals surface area contributed by atoms with Crippen LogP contribution in [0.15, 0.2) is 11.8 Å². The molecule has 0 bridgehead atoms. The first-order chi connectivity index (χ1) is 18.2. The number of carbonyl (C=O) groups excluding carboxylic acids is 3. The van der Waals surface area contributed by atoms with Gasteiger partial charge in [0.1, 0.15) is 18.0 Å². The number of hydrogen-bond donors (Lipinski definition) is 1. The molecule has 1 N–H and O–H groups in total. The van der Waals surface area contributed by atoms with Crippen LogP contribution in [0, 0.1) is 40.4 Å². The minimum Gasteiger partial charge on any atom is -0.438 e. The van der Waals surface area contributed by atoms with E-state index in [9.17, 15) is 32.7 Å². The first-order valence-electron chi connectivity index (χ1n) is 13.3. The molecular formula is C27H37F3O9. The van der Waals surface area contributed by atoms with E-state index in [0.29, 0.717) is 25.7 Å². The first-order valence-corrected chi connectivity index (χ1v) is 13.3. The van der Waals surface area contributed by atoms with Crippen molar-refractivity contribution in [3.63, 3.8) is 0 Å². The maximum absolute atomic E-state index is 13.4. The molecule has 0 saturated heterocycles. The number of methoxy groups -OCH3 is 2. The lowest BCUT2D eigenvalue weighted by Crippen LogP contribution is -2.60. The molecule has 12 heteroatoms. The Morgan fingerprint density at radius 3 is 2.23 bits per heavy atom. The van der Waals surface area contributed by atoms with Gasteiger partial charge in [0.05, 0.1) is 20.3 Å². The second kappa shape index (κ2) is 10.5. The lowest BCUT2D eigenvalue weighted by molar-refractivity contribution is -0.202. The molecule has 0 amide bonds. The van der Waals surface area contributed by atoms with Crippen molar-refractivity contribution in [1.82, 2.24) is 0 Å². The molecule has 9 nitrogen and oxygen atoms in total. The van der Waals surface area contributed by atoms with Gasteiger partial charge in [-0.3, -0.25) is 0 Å². The summed E-state index contributed by atoms with van der Waals surface area (Å²) in [7, 11) is 2.32. The van der Waals surface area contributed by atoms with Crippen LogP contribution in [0.4, 0.5) is 22.8 Å². The molecule has 4 rings (SSSR count). The quantitative estimate of drug-likeness (QED) is 0.367. The summed E-state index contributed by atoms with van der Waals surface area (Å²) >= 11 is 0. The largest absolute Gasteiger partial charge is 0.508 e. The van der Waals surface area contributed by atoms with Gasteiger partial charge in [-0.2, -0.15) is 13.2 Å². The number of ether oxygens (including phenoxy) is 5. The van der Waals surface area contributed by atoms with Gasteiger partial charge in [0, 0.05) is 17.8 Å². The summed E-state index contributed by atoms with van der Waals surface area (Å²) in [6, 6.07) is 0. The molecule has 39 heavy (non-hydrogen) atoms. The molecule has 0 aromatic carbocycles. The number of aliphatic hydroxyl groups excluding tert-OH is 1. The van der Waals surface area contributed by atoms with Gasteiger partial charge < -0.3 is 28.8 Å². The van der Waals surface area contributed by atoms with Crippen molar-refractivity contribution in [2.24, 2.45) is 40.4 Å². The Labute approximate surface area is 225 Å². The molecule has 4 aliphatic carbocycles. The molecule has 0 radical (unpaired) electrons. The molecular weight excluding hydrogens is 525 g/mol. The third-order valence-electron chi connectivity index (χ3n) is 10.2. The Hall–Kier alpha value is -2.50. The number of allylic oxidation sites excluding steroid dienone is 2. The molecule has 3 fully saturated rings. The van der Waals surface area contributed by atoms with Gasteiger partial charge in [0.25, 0.3) is 0 Å². The second-order valence-electron chi connectivity index (χ2n) is 11.9. The highest BCUT2D eigenvalue weighted by Gasteiger charge is 2.65. The molecule has 10 atom stereocenters. The monoisotopic (exact) mass is 562 g/mol. The maximum Gasteiger partial charge on any atom is 0.508 e. The Morgan fingerprint density at radius 2 is 1.64 bits per heavy atom. The topological polar surface area (TPSA) is 118 Å². The highest BCUT2D eigenvalue weighted by atomic mass is 19.4. The summed E-state index contributed by atoms with van der Waals surface area (Å²) in [5, 5.41) is 10.5. The van der Waals surface area contributed by atoms with E-state index < -0.39 is 60.0 Å². The smallest absolute Gasteiger partial charge is 0.438 e. The molecule has 0 heterocycles. The third kappa shape index (κ3) is 5.09. The zero-order valence-electron chi connectivity index (χ0n) is 22.8. The predicted octanol–water partition coefficient (Wildman–Crippen LogP) is 5.15. The van der Waals surface area contributed by atoms with Gasteiger partial charge in [0.2, 0.25) is 0 Å². The lowest BCUT2D eigenvalue weighted by atomic mass is 9.45. The number of esters is 1. The number of alkyl halides is 3. The number of rotatable bonds is 4. The molecule has 0 aromatic rings. The first kappa shape index (κ1) is 29.5. The number of aliphatic hydroxyl groups is 1. The van der Waals surface area contributed by atoms with Crippen LogP contribution in [0.3, 0.4) is 0 Å². The van der Waals surface area contributed by atoms with E-state index in [1.165, 1.54) is 13.2 Å². The van der Waals surface area contributed by atoms with Crippen molar-refractivity contribution >= 4 is 18.3 Å². The predicted molar refractivity (Wildman–Crippen MR) is 128 cm³/mol. The summed E-state index contributed by atoms with van der Waals surface area (Å²) in [5.74, 6) is -4.00. The van der Waals surface area contributed by atoms with Crippen LogP contribution >= 0.6 is 0 Å². The molecule has 220 valence electrons. The summed E-state index contributed by atoms with van der Waals surface area (Å²) < 4.78 is 65.7. The van der Waals surface area contributed by atoms with Crippen LogP contribution in [0.25, 0.3) is 0 Å². The fraction of sp³-hybridized carbons (Fsp3) is 0.815. The van der Waals surface area contributed by atoms with Gasteiger partial charge in [-0.25, -0.2) is 14.4 Å². The lowest BCUT2D eigenvalue weighted by Gasteiger charge is -2.61. The molecule has 0 aromatic heterocycles. The third-order valence-corrected chi connectivity index (χ3v) is 10.2. The highest BCUT2D eigenvalue weighted by Crippen LogP contribution is 2.68. The van der Waals surface area contributed by atoms with Gasteiger partial charge >= 0.3 is 24.5 Å². The van der Waals surface area contributed by atoms with E-state index >= 15 is 0 Å². The second-order valence-corrected chi connectivity index (χ2v) is 11.9. The van der Waals surface area contributed by atoms with Gasteiger partial charge in [-0.15, -0.1) is 0 Å². The molecule has 0 spiro atoms. The number of fused-ring (bicyclic) bond motifs is 5. The van der Waals surface area contributed by atoms with Crippen LogP contribution in [0.5, 0.6) is 0 Å². The van der Waals surface area contributed by atoms with E-state index in [0.717, 1.165) is 7.11 Å². The summed E-state index contributed by atoms with van der Waals surface area (Å²) in [4.78, 5) is 36.3. The summed E-state index contributed by atoms with van der Waals surface area (Å²) in [6.45, 7) is 5.71. The number of hydrogen-bond acceptors (Lipinski definition) is 9. The minimum atomic E-state index is -5.19. The zero-order valence-corrected chi connectivity index (χ0v) is 22.8. The molecule has 4 aliphatic rings. The van der Waals surface area contributed by atoms with Gasteiger partial charge in [-0.05, 0) is 74.2 Å². The standard InChI is InChI=1S/C27H37F3O9/c1-13(31)16-6-7-17-21-18(8-9-25(16,17)2)26(3)14(11-19(21)38-22(32)27(28,29)30)10-15(37-23(33)35-4)12-20(26)39-24(34)36-5/h11,13-18,20-21,31H,6-10,12H2,1-5H3/t13?,14?,15-,16-,17+,18+,20+,21+,25-,26+/m1/s1. The fourth-order valence-electron chi connectivity index (χ4n) is 8.39. The highest BCUT2D eigenvalue weighted by molar-refractivity contribution is 5.76. The van der Waals surface area contributed by atoms with E-state index in [-0.39, 0.29) is 41.8 Å². The van der Waals surface area contributed by atoms with Crippen molar-refractivity contribution in [2.75, 3.05) is 14.2 Å². The molecule has 0 aliphatic heterocycles. The van der Waals surface area contributed by atoms with E-state index in [4.69, 9.17) is 18.9 Å². The summed E-state index contributed by atoms with van der Waals surface area (Å²) in [5.41, 5.74) is -1.17. The Bertz CT molecular complexity index is 1010. The molecule has 2 unspecified atom stereocenters. The average molecular weight is 563 g/mol. The van der Waals surface area contributed by atoms with E-state index in [2.05, 4.69) is 11.7 Å². The van der Waals surface area contributed by atoms with Gasteiger partial charge in [-0.1, -0.05) is 13.8 Å². The van der Waals surface area contributed by atoms with Crippen LogP contribution in [-0.2, 0) is 28.5 Å². The van der Waals surface area contributed by atoms with Crippen LogP contribution in [0.1, 0.15) is 59.3 Å². The number of halogens is 3. The van der Waals surface area contributed by atoms with E-state index in [1.807, 2.05) is 6.92 Å². The average Bonchev–Trinajstić information content (AvgIpc) is 3.21. The van der Waals surface area contributed by atoms with Crippen LogP contribution < -0.4 is 0 Å². The van der Waals surface area contributed by atoms with Crippen molar-refractivity contribution in [1.29, 1.82) is 0 Å². The Balaban J connectivity index is 1.81. The Morgan fingerprint density at radius 1 is 1.00 bits per heavy atom. The van der Waals surface area contributed by atoms with Crippen molar-refractivity contribution in [2.45, 2.75) is 83.8 Å². The Kier molecular flexibility index (Phi) is 7.92. The van der Waals surface area contributed by atoms with E-state index in [1.54, 1.807) is 6.92 Å². The van der Waals surface area contributed by atoms with Crippen LogP contribution in [0.2, 0.25) is 0 Å².